The molecular formula is C16H34N2O. The monoisotopic (exact) mass is 270 g/mol. The van der Waals surface area contributed by atoms with Crippen LogP contribution in [0.4, 0.5) is 0 Å². The molecule has 1 saturated heterocycles. The Morgan fingerprint density at radius 1 is 1.16 bits per heavy atom. The van der Waals surface area contributed by atoms with Crippen molar-refractivity contribution in [2.24, 2.45) is 5.92 Å². The maximum absolute atomic E-state index is 5.65. The Morgan fingerprint density at radius 3 is 2.53 bits per heavy atom. The lowest BCUT2D eigenvalue weighted by molar-refractivity contribution is 0.0830. The van der Waals surface area contributed by atoms with Gasteiger partial charge in [0.2, 0.25) is 0 Å². The summed E-state index contributed by atoms with van der Waals surface area (Å²) in [6, 6.07) is 0.683. The highest BCUT2D eigenvalue weighted by Gasteiger charge is 2.22. The molecule has 0 aliphatic carbocycles. The summed E-state index contributed by atoms with van der Waals surface area (Å²) in [5, 5.41) is 3.64. The van der Waals surface area contributed by atoms with E-state index in [0.717, 1.165) is 32.2 Å². The van der Waals surface area contributed by atoms with E-state index < -0.39 is 0 Å². The van der Waals surface area contributed by atoms with E-state index in [1.54, 1.807) is 0 Å². The summed E-state index contributed by atoms with van der Waals surface area (Å²) >= 11 is 0. The first-order valence-electron chi connectivity index (χ1n) is 8.31. The van der Waals surface area contributed by atoms with Crippen LogP contribution in [0.5, 0.6) is 0 Å². The predicted molar refractivity (Wildman–Crippen MR) is 82.6 cm³/mol. The van der Waals surface area contributed by atoms with Crippen LogP contribution >= 0.6 is 0 Å². The van der Waals surface area contributed by atoms with Gasteiger partial charge in [0.1, 0.15) is 0 Å². The van der Waals surface area contributed by atoms with E-state index in [1.807, 2.05) is 0 Å². The molecule has 3 heteroatoms. The van der Waals surface area contributed by atoms with Crippen LogP contribution in [0.2, 0.25) is 0 Å². The lowest BCUT2D eigenvalue weighted by Crippen LogP contribution is -2.43. The fourth-order valence-electron chi connectivity index (χ4n) is 2.76. The zero-order valence-corrected chi connectivity index (χ0v) is 13.3. The number of rotatable bonds is 10. The van der Waals surface area contributed by atoms with E-state index in [-0.39, 0.29) is 0 Å². The number of piperidine rings is 1. The summed E-state index contributed by atoms with van der Waals surface area (Å²) in [5.74, 6) is 0.865. The molecule has 1 atom stereocenters. The fraction of sp³-hybridized carbons (Fsp3) is 1.00. The molecule has 1 aliphatic rings. The van der Waals surface area contributed by atoms with Gasteiger partial charge in [0, 0.05) is 19.2 Å². The second-order valence-corrected chi connectivity index (χ2v) is 5.89. The van der Waals surface area contributed by atoms with Crippen LogP contribution in [-0.2, 0) is 4.74 Å². The predicted octanol–water partition coefficient (Wildman–Crippen LogP) is 2.90. The van der Waals surface area contributed by atoms with Crippen molar-refractivity contribution in [1.29, 1.82) is 0 Å². The number of nitrogens with zero attached hydrogens (tertiary/aromatic N) is 1. The minimum absolute atomic E-state index is 0.683. The first-order chi connectivity index (χ1) is 9.27. The van der Waals surface area contributed by atoms with Gasteiger partial charge in [-0.25, -0.2) is 0 Å². The molecule has 0 bridgehead atoms. The summed E-state index contributed by atoms with van der Waals surface area (Å²) < 4.78 is 5.65. The van der Waals surface area contributed by atoms with E-state index in [4.69, 9.17) is 4.74 Å². The van der Waals surface area contributed by atoms with Crippen molar-refractivity contribution in [1.82, 2.24) is 10.2 Å². The van der Waals surface area contributed by atoms with Crippen LogP contribution in [0.15, 0.2) is 0 Å². The molecule has 0 saturated carbocycles. The van der Waals surface area contributed by atoms with Crippen LogP contribution in [0.1, 0.15) is 52.9 Å². The van der Waals surface area contributed by atoms with Crippen LogP contribution < -0.4 is 5.32 Å². The minimum atomic E-state index is 0.683. The zero-order valence-electron chi connectivity index (χ0n) is 13.3. The molecule has 1 N–H and O–H groups in total. The molecule has 1 aliphatic heterocycles. The molecule has 114 valence electrons. The quantitative estimate of drug-likeness (QED) is 0.618. The minimum Gasteiger partial charge on any atom is -0.380 e. The van der Waals surface area contributed by atoms with Gasteiger partial charge >= 0.3 is 0 Å². The van der Waals surface area contributed by atoms with Gasteiger partial charge in [-0.3, -0.25) is 0 Å². The van der Waals surface area contributed by atoms with Crippen molar-refractivity contribution in [2.45, 2.75) is 58.9 Å². The van der Waals surface area contributed by atoms with E-state index in [2.05, 4.69) is 31.0 Å². The fourth-order valence-corrected chi connectivity index (χ4v) is 2.76. The van der Waals surface area contributed by atoms with Gasteiger partial charge in [0.05, 0.1) is 6.61 Å². The SMILES string of the molecule is CCCCOCCN1CCC(C(C)NCCC)CC1. The highest BCUT2D eigenvalue weighted by atomic mass is 16.5. The van der Waals surface area contributed by atoms with Crippen molar-refractivity contribution in [3.8, 4) is 0 Å². The van der Waals surface area contributed by atoms with Crippen LogP contribution in [0, 0.1) is 5.92 Å². The van der Waals surface area contributed by atoms with Gasteiger partial charge in [-0.2, -0.15) is 0 Å². The van der Waals surface area contributed by atoms with E-state index in [0.29, 0.717) is 6.04 Å². The number of hydrogen-bond donors (Lipinski definition) is 1. The summed E-state index contributed by atoms with van der Waals surface area (Å²) in [7, 11) is 0. The Labute approximate surface area is 120 Å². The number of hydrogen-bond acceptors (Lipinski definition) is 3. The Morgan fingerprint density at radius 2 is 1.89 bits per heavy atom. The van der Waals surface area contributed by atoms with Gasteiger partial charge in [0.25, 0.3) is 0 Å². The van der Waals surface area contributed by atoms with Gasteiger partial charge in [-0.1, -0.05) is 20.3 Å². The maximum Gasteiger partial charge on any atom is 0.0593 e. The normalized spacial score (nSPS) is 19.7. The Balaban J connectivity index is 2.04. The highest BCUT2D eigenvalue weighted by molar-refractivity contribution is 4.79. The number of likely N-dealkylation sites (tertiary alicyclic amines) is 1. The molecule has 0 aromatic carbocycles. The van der Waals surface area contributed by atoms with Crippen molar-refractivity contribution in [3.63, 3.8) is 0 Å². The Kier molecular flexibility index (Phi) is 9.48. The van der Waals surface area contributed by atoms with E-state index in [1.165, 1.54) is 45.2 Å². The van der Waals surface area contributed by atoms with Crippen molar-refractivity contribution in [2.75, 3.05) is 39.4 Å². The molecule has 3 nitrogen and oxygen atoms in total. The first kappa shape index (κ1) is 16.9. The molecule has 0 spiro atoms. The van der Waals surface area contributed by atoms with Gasteiger partial charge in [0.15, 0.2) is 0 Å². The lowest BCUT2D eigenvalue weighted by Gasteiger charge is -2.35. The molecule has 1 heterocycles. The van der Waals surface area contributed by atoms with E-state index >= 15 is 0 Å². The van der Waals surface area contributed by atoms with Crippen molar-refractivity contribution < 1.29 is 4.74 Å². The van der Waals surface area contributed by atoms with Crippen molar-refractivity contribution in [3.05, 3.63) is 0 Å². The Bertz CT molecular complexity index is 203. The maximum atomic E-state index is 5.65. The molecule has 0 amide bonds. The van der Waals surface area contributed by atoms with Crippen LogP contribution in [0.3, 0.4) is 0 Å². The molecule has 1 rings (SSSR count). The third-order valence-corrected chi connectivity index (χ3v) is 4.25. The molecule has 0 aromatic rings. The van der Waals surface area contributed by atoms with Crippen LogP contribution in [-0.4, -0.2) is 50.3 Å². The van der Waals surface area contributed by atoms with Gasteiger partial charge < -0.3 is 15.0 Å². The second-order valence-electron chi connectivity index (χ2n) is 5.89. The topological polar surface area (TPSA) is 24.5 Å². The zero-order chi connectivity index (χ0) is 13.9. The van der Waals surface area contributed by atoms with Gasteiger partial charge in [-0.05, 0) is 58.2 Å². The second kappa shape index (κ2) is 10.6. The van der Waals surface area contributed by atoms with Crippen molar-refractivity contribution >= 4 is 0 Å². The molecular weight excluding hydrogens is 236 g/mol. The summed E-state index contributed by atoms with van der Waals surface area (Å²) in [6.07, 6.45) is 6.34. The third kappa shape index (κ3) is 7.28. The summed E-state index contributed by atoms with van der Waals surface area (Å²) in [6.45, 7) is 13.4. The van der Waals surface area contributed by atoms with E-state index in [9.17, 15) is 0 Å². The average Bonchev–Trinajstić information content (AvgIpc) is 2.45. The smallest absolute Gasteiger partial charge is 0.0593 e. The largest absolute Gasteiger partial charge is 0.380 e. The summed E-state index contributed by atoms with van der Waals surface area (Å²) in [4.78, 5) is 2.56. The summed E-state index contributed by atoms with van der Waals surface area (Å²) in [5.41, 5.74) is 0. The molecule has 1 unspecified atom stereocenters. The lowest BCUT2D eigenvalue weighted by atomic mass is 9.90. The standard InChI is InChI=1S/C16H34N2O/c1-4-6-13-19-14-12-18-10-7-16(8-11-18)15(3)17-9-5-2/h15-17H,4-14H2,1-3H3. The Hall–Kier alpha value is -0.120. The molecule has 0 aromatic heterocycles. The number of unbranched alkanes of at least 4 members (excludes halogenated alkanes) is 1. The molecule has 0 radical (unpaired) electrons. The number of nitrogens with one attached hydrogen (secondary N) is 1. The molecule has 1 fully saturated rings. The average molecular weight is 270 g/mol. The van der Waals surface area contributed by atoms with Crippen LogP contribution in [0.25, 0.3) is 0 Å². The molecule has 19 heavy (non-hydrogen) atoms. The number of ether oxygens (including phenoxy) is 1. The third-order valence-electron chi connectivity index (χ3n) is 4.25. The first-order valence-corrected chi connectivity index (χ1v) is 8.31. The van der Waals surface area contributed by atoms with Gasteiger partial charge in [-0.15, -0.1) is 0 Å². The highest BCUT2D eigenvalue weighted by Crippen LogP contribution is 2.20.